The highest BCUT2D eigenvalue weighted by Gasteiger charge is 1.94. The van der Waals surface area contributed by atoms with Gasteiger partial charge in [0, 0.05) is 11.4 Å². The van der Waals surface area contributed by atoms with E-state index in [2.05, 4.69) is 20.9 Å². The average Bonchev–Trinajstić information content (AvgIpc) is 2.15. The lowest BCUT2D eigenvalue weighted by Crippen LogP contribution is -1.98. The van der Waals surface area contributed by atoms with Gasteiger partial charge in [0.2, 0.25) is 5.88 Å². The molecule has 0 amide bonds. The van der Waals surface area contributed by atoms with E-state index < -0.39 is 0 Å². The zero-order chi connectivity index (χ0) is 8.81. The van der Waals surface area contributed by atoms with Gasteiger partial charge in [-0.2, -0.15) is 0 Å². The van der Waals surface area contributed by atoms with Gasteiger partial charge in [-0.15, -0.1) is 0 Å². The molecule has 0 saturated carbocycles. The normalized spacial score (nSPS) is 9.50. The van der Waals surface area contributed by atoms with E-state index in [0.29, 0.717) is 12.5 Å². The first-order valence-electron chi connectivity index (χ1n) is 3.55. The molecule has 0 unspecified atom stereocenters. The molecule has 0 bridgehead atoms. The number of halogens is 1. The molecule has 0 radical (unpaired) electrons. The van der Waals surface area contributed by atoms with Gasteiger partial charge in [0.25, 0.3) is 0 Å². The minimum absolute atomic E-state index is 0.598. The second-order valence-corrected chi connectivity index (χ2v) is 2.87. The summed E-state index contributed by atoms with van der Waals surface area (Å²) in [4.78, 5) is 3.99. The summed E-state index contributed by atoms with van der Waals surface area (Å²) in [5, 5.41) is 0.818. The number of hydrogen-bond acceptors (Lipinski definition) is 3. The molecular formula is C8H10BrNO2. The lowest BCUT2D eigenvalue weighted by atomic mass is 10.4. The van der Waals surface area contributed by atoms with E-state index in [0.717, 1.165) is 11.1 Å². The van der Waals surface area contributed by atoms with Crippen LogP contribution in [0.2, 0.25) is 0 Å². The monoisotopic (exact) mass is 231 g/mol. The lowest BCUT2D eigenvalue weighted by Gasteiger charge is -2.03. The van der Waals surface area contributed by atoms with Crippen LogP contribution in [0.3, 0.4) is 0 Å². The van der Waals surface area contributed by atoms with E-state index in [1.165, 1.54) is 0 Å². The first-order chi connectivity index (χ1) is 5.86. The third kappa shape index (κ3) is 2.70. The summed E-state index contributed by atoms with van der Waals surface area (Å²) in [7, 11) is 1.58. The van der Waals surface area contributed by atoms with Crippen molar-refractivity contribution in [2.45, 2.75) is 0 Å². The van der Waals surface area contributed by atoms with Crippen LogP contribution in [0.5, 0.6) is 11.6 Å². The molecule has 0 fully saturated rings. The molecule has 0 aromatic carbocycles. The van der Waals surface area contributed by atoms with Gasteiger partial charge in [-0.25, -0.2) is 4.98 Å². The quantitative estimate of drug-likeness (QED) is 0.742. The van der Waals surface area contributed by atoms with Crippen molar-refractivity contribution in [3.63, 3.8) is 0 Å². The van der Waals surface area contributed by atoms with Crippen LogP contribution in [0, 0.1) is 0 Å². The van der Waals surface area contributed by atoms with Crippen LogP contribution in [0.4, 0.5) is 0 Å². The van der Waals surface area contributed by atoms with Crippen LogP contribution in [0.1, 0.15) is 0 Å². The number of alkyl halides is 1. The molecule has 0 saturated heterocycles. The molecule has 0 spiro atoms. The van der Waals surface area contributed by atoms with Gasteiger partial charge >= 0.3 is 0 Å². The van der Waals surface area contributed by atoms with Crippen molar-refractivity contribution in [3.05, 3.63) is 18.3 Å². The van der Waals surface area contributed by atoms with Crippen molar-refractivity contribution in [2.24, 2.45) is 0 Å². The molecule has 1 heterocycles. The molecule has 0 aliphatic heterocycles. The summed E-state index contributed by atoms with van der Waals surface area (Å²) in [6, 6.07) is 3.60. The van der Waals surface area contributed by atoms with Crippen molar-refractivity contribution in [1.29, 1.82) is 0 Å². The fourth-order valence-corrected chi connectivity index (χ4v) is 0.891. The number of nitrogens with zero attached hydrogens (tertiary/aromatic N) is 1. The van der Waals surface area contributed by atoms with Crippen molar-refractivity contribution < 1.29 is 9.47 Å². The summed E-state index contributed by atoms with van der Waals surface area (Å²) in [6.07, 6.45) is 1.64. The Morgan fingerprint density at radius 2 is 2.33 bits per heavy atom. The average molecular weight is 232 g/mol. The SMILES string of the molecule is COc1ccc(OCCBr)cn1. The second kappa shape index (κ2) is 4.98. The van der Waals surface area contributed by atoms with Gasteiger partial charge in [-0.1, -0.05) is 15.9 Å². The second-order valence-electron chi connectivity index (χ2n) is 2.07. The Kier molecular flexibility index (Phi) is 3.87. The van der Waals surface area contributed by atoms with E-state index >= 15 is 0 Å². The van der Waals surface area contributed by atoms with Gasteiger partial charge in [-0.05, 0) is 6.07 Å². The summed E-state index contributed by atoms with van der Waals surface area (Å²) in [5.41, 5.74) is 0. The number of methoxy groups -OCH3 is 1. The number of ether oxygens (including phenoxy) is 2. The molecule has 0 N–H and O–H groups in total. The van der Waals surface area contributed by atoms with Crippen LogP contribution in [0.25, 0.3) is 0 Å². The Balaban J connectivity index is 2.53. The van der Waals surface area contributed by atoms with Crippen molar-refractivity contribution in [1.82, 2.24) is 4.98 Å². The number of hydrogen-bond donors (Lipinski definition) is 0. The molecule has 1 aromatic rings. The molecule has 4 heteroatoms. The lowest BCUT2D eigenvalue weighted by molar-refractivity contribution is 0.340. The van der Waals surface area contributed by atoms with Crippen LogP contribution >= 0.6 is 15.9 Å². The number of pyridine rings is 1. The Labute approximate surface area is 79.8 Å². The maximum atomic E-state index is 5.29. The largest absolute Gasteiger partial charge is 0.491 e. The molecule has 0 aliphatic rings. The highest BCUT2D eigenvalue weighted by Crippen LogP contribution is 2.12. The van der Waals surface area contributed by atoms with E-state index in [-0.39, 0.29) is 0 Å². The number of rotatable bonds is 4. The smallest absolute Gasteiger partial charge is 0.213 e. The van der Waals surface area contributed by atoms with Crippen LogP contribution in [-0.2, 0) is 0 Å². The van der Waals surface area contributed by atoms with Gasteiger partial charge < -0.3 is 9.47 Å². The molecule has 12 heavy (non-hydrogen) atoms. The fourth-order valence-electron chi connectivity index (χ4n) is 0.729. The molecule has 3 nitrogen and oxygen atoms in total. The van der Waals surface area contributed by atoms with Gasteiger partial charge in [0.15, 0.2) is 0 Å². The topological polar surface area (TPSA) is 31.4 Å². The summed E-state index contributed by atoms with van der Waals surface area (Å²) < 4.78 is 10.2. The third-order valence-electron chi connectivity index (χ3n) is 1.26. The van der Waals surface area contributed by atoms with E-state index in [1.807, 2.05) is 6.07 Å². The van der Waals surface area contributed by atoms with Crippen LogP contribution in [-0.4, -0.2) is 24.0 Å². The minimum atomic E-state index is 0.598. The summed E-state index contributed by atoms with van der Waals surface area (Å²) in [6.45, 7) is 0.647. The van der Waals surface area contributed by atoms with E-state index in [9.17, 15) is 0 Å². The van der Waals surface area contributed by atoms with Crippen LogP contribution < -0.4 is 9.47 Å². The molecule has 0 aliphatic carbocycles. The van der Waals surface area contributed by atoms with Gasteiger partial charge in [0.05, 0.1) is 19.9 Å². The highest BCUT2D eigenvalue weighted by molar-refractivity contribution is 9.09. The zero-order valence-electron chi connectivity index (χ0n) is 6.79. The van der Waals surface area contributed by atoms with Gasteiger partial charge in [0.1, 0.15) is 5.75 Å². The van der Waals surface area contributed by atoms with Crippen molar-refractivity contribution >= 4 is 15.9 Å². The Hall–Kier alpha value is -0.770. The Morgan fingerprint density at radius 1 is 1.50 bits per heavy atom. The first-order valence-corrected chi connectivity index (χ1v) is 4.68. The highest BCUT2D eigenvalue weighted by atomic mass is 79.9. The zero-order valence-corrected chi connectivity index (χ0v) is 8.37. The molecule has 1 aromatic heterocycles. The Morgan fingerprint density at radius 3 is 2.83 bits per heavy atom. The van der Waals surface area contributed by atoms with Crippen molar-refractivity contribution in [2.75, 3.05) is 19.0 Å². The maximum Gasteiger partial charge on any atom is 0.213 e. The maximum absolute atomic E-state index is 5.29. The molecular weight excluding hydrogens is 222 g/mol. The van der Waals surface area contributed by atoms with E-state index in [1.54, 1.807) is 19.4 Å². The fraction of sp³-hybridized carbons (Fsp3) is 0.375. The van der Waals surface area contributed by atoms with Gasteiger partial charge in [-0.3, -0.25) is 0 Å². The summed E-state index contributed by atoms with van der Waals surface area (Å²) >= 11 is 3.26. The predicted octanol–water partition coefficient (Wildman–Crippen LogP) is 1.86. The third-order valence-corrected chi connectivity index (χ3v) is 1.59. The summed E-state index contributed by atoms with van der Waals surface area (Å²) in [5.74, 6) is 1.36. The first kappa shape index (κ1) is 9.32. The van der Waals surface area contributed by atoms with E-state index in [4.69, 9.17) is 9.47 Å². The van der Waals surface area contributed by atoms with Crippen molar-refractivity contribution in [3.8, 4) is 11.6 Å². The number of aromatic nitrogens is 1. The Bertz CT molecular complexity index is 225. The standard InChI is InChI=1S/C8H10BrNO2/c1-11-8-3-2-7(6-10-8)12-5-4-9/h2-3,6H,4-5H2,1H3. The van der Waals surface area contributed by atoms with Crippen LogP contribution in [0.15, 0.2) is 18.3 Å². The molecule has 1 rings (SSSR count). The predicted molar refractivity (Wildman–Crippen MR) is 50.1 cm³/mol. The minimum Gasteiger partial charge on any atom is -0.491 e. The molecule has 0 atom stereocenters. The molecule has 66 valence electrons.